The average molecular weight is 245 g/mol. The van der Waals surface area contributed by atoms with Gasteiger partial charge < -0.3 is 5.32 Å². The maximum Gasteiger partial charge on any atom is 0.137 e. The third-order valence-corrected chi connectivity index (χ3v) is 2.47. The van der Waals surface area contributed by atoms with Crippen molar-refractivity contribution < 1.29 is 4.39 Å². The summed E-state index contributed by atoms with van der Waals surface area (Å²) in [6.07, 6.45) is 3.09. The molecule has 2 N–H and O–H groups in total. The Labute approximate surface area is 104 Å². The van der Waals surface area contributed by atoms with Gasteiger partial charge in [-0.3, -0.25) is 5.10 Å². The summed E-state index contributed by atoms with van der Waals surface area (Å²) in [6.45, 7) is 0.682. The molecule has 1 heterocycles. The van der Waals surface area contributed by atoms with Crippen molar-refractivity contribution in [2.75, 3.05) is 11.9 Å². The van der Waals surface area contributed by atoms with Gasteiger partial charge in [0, 0.05) is 13.0 Å². The van der Waals surface area contributed by atoms with Crippen LogP contribution in [0.15, 0.2) is 24.5 Å². The number of nitrogens with zero attached hydrogens (tertiary/aromatic N) is 3. The number of aromatic amines is 1. The quantitative estimate of drug-likeness (QED) is 0.788. The van der Waals surface area contributed by atoms with E-state index in [-0.39, 0.29) is 0 Å². The average Bonchev–Trinajstić information content (AvgIpc) is 2.89. The first-order valence-corrected chi connectivity index (χ1v) is 5.57. The molecule has 0 amide bonds. The lowest BCUT2D eigenvalue weighted by molar-refractivity contribution is 0.627. The summed E-state index contributed by atoms with van der Waals surface area (Å²) in [5.74, 6) is 0.426. The molecular formula is C12H12FN5. The second-order valence-corrected chi connectivity index (χ2v) is 3.76. The van der Waals surface area contributed by atoms with E-state index in [9.17, 15) is 4.39 Å². The van der Waals surface area contributed by atoms with Gasteiger partial charge in [0.05, 0.1) is 11.3 Å². The molecule has 0 fully saturated rings. The maximum absolute atomic E-state index is 12.9. The predicted octanol–water partition coefficient (Wildman–Crippen LogP) is 1.86. The number of halogens is 1. The Kier molecular flexibility index (Phi) is 3.86. The highest BCUT2D eigenvalue weighted by Gasteiger charge is 2.03. The van der Waals surface area contributed by atoms with Gasteiger partial charge in [-0.25, -0.2) is 9.37 Å². The van der Waals surface area contributed by atoms with Crippen LogP contribution in [-0.2, 0) is 6.42 Å². The molecule has 92 valence electrons. The van der Waals surface area contributed by atoms with E-state index in [0.717, 1.165) is 18.7 Å². The van der Waals surface area contributed by atoms with Crippen LogP contribution in [0.3, 0.4) is 0 Å². The summed E-state index contributed by atoms with van der Waals surface area (Å²) in [5.41, 5.74) is 0.964. The topological polar surface area (TPSA) is 77.4 Å². The van der Waals surface area contributed by atoms with Crippen LogP contribution in [0.5, 0.6) is 0 Å². The number of hydrogen-bond acceptors (Lipinski definition) is 4. The lowest BCUT2D eigenvalue weighted by atomic mass is 10.2. The number of aromatic nitrogens is 3. The van der Waals surface area contributed by atoms with Gasteiger partial charge in [-0.2, -0.15) is 10.4 Å². The molecule has 2 aromatic rings. The molecule has 0 atom stereocenters. The van der Waals surface area contributed by atoms with Crippen LogP contribution in [0, 0.1) is 17.1 Å². The molecule has 1 aromatic heterocycles. The molecule has 5 nitrogen and oxygen atoms in total. The molecule has 0 saturated heterocycles. The summed E-state index contributed by atoms with van der Waals surface area (Å²) in [4.78, 5) is 4.01. The highest BCUT2D eigenvalue weighted by molar-refractivity contribution is 5.57. The van der Waals surface area contributed by atoms with Crippen molar-refractivity contribution in [3.05, 3.63) is 41.7 Å². The molecule has 0 unspecified atom stereocenters. The SMILES string of the molecule is N#Cc1cc(F)ccc1NCCCc1ncn[nH]1. The first-order valence-electron chi connectivity index (χ1n) is 5.57. The van der Waals surface area contributed by atoms with Gasteiger partial charge in [-0.15, -0.1) is 0 Å². The number of nitrogens with one attached hydrogen (secondary N) is 2. The van der Waals surface area contributed by atoms with Crippen molar-refractivity contribution in [1.82, 2.24) is 15.2 Å². The van der Waals surface area contributed by atoms with Crippen molar-refractivity contribution in [3.63, 3.8) is 0 Å². The minimum absolute atomic E-state index is 0.315. The second kappa shape index (κ2) is 5.77. The van der Waals surface area contributed by atoms with E-state index in [1.54, 1.807) is 6.07 Å². The van der Waals surface area contributed by atoms with E-state index < -0.39 is 5.82 Å². The van der Waals surface area contributed by atoms with E-state index in [2.05, 4.69) is 20.5 Å². The Morgan fingerprint density at radius 3 is 3.06 bits per heavy atom. The Bertz CT molecular complexity index is 544. The Hall–Kier alpha value is -2.42. The van der Waals surface area contributed by atoms with Gasteiger partial charge in [0.25, 0.3) is 0 Å². The molecule has 0 aliphatic rings. The fourth-order valence-corrected chi connectivity index (χ4v) is 1.59. The number of nitriles is 1. The van der Waals surface area contributed by atoms with E-state index in [1.807, 2.05) is 6.07 Å². The van der Waals surface area contributed by atoms with Crippen molar-refractivity contribution in [3.8, 4) is 6.07 Å². The number of anilines is 1. The lowest BCUT2D eigenvalue weighted by Gasteiger charge is -2.07. The zero-order valence-electron chi connectivity index (χ0n) is 9.65. The first-order chi connectivity index (χ1) is 8.79. The molecule has 0 radical (unpaired) electrons. The smallest absolute Gasteiger partial charge is 0.137 e. The van der Waals surface area contributed by atoms with Crippen LogP contribution >= 0.6 is 0 Å². The van der Waals surface area contributed by atoms with Gasteiger partial charge in [0.1, 0.15) is 24.0 Å². The van der Waals surface area contributed by atoms with Gasteiger partial charge in [-0.1, -0.05) is 0 Å². The van der Waals surface area contributed by atoms with Crippen molar-refractivity contribution in [2.45, 2.75) is 12.8 Å². The Morgan fingerprint density at radius 2 is 2.33 bits per heavy atom. The van der Waals surface area contributed by atoms with Crippen LogP contribution < -0.4 is 5.32 Å². The summed E-state index contributed by atoms with van der Waals surface area (Å²) in [5, 5.41) is 18.5. The molecule has 0 saturated carbocycles. The van der Waals surface area contributed by atoms with Crippen LogP contribution in [0.25, 0.3) is 0 Å². The standard InChI is InChI=1S/C12H12FN5/c13-10-3-4-11(9(6-10)7-14)15-5-1-2-12-16-8-17-18-12/h3-4,6,8,15H,1-2,5H2,(H,16,17,18). The number of benzene rings is 1. The van der Waals surface area contributed by atoms with Crippen LogP contribution in [0.2, 0.25) is 0 Å². The third kappa shape index (κ3) is 3.04. The van der Waals surface area contributed by atoms with Crippen LogP contribution in [-0.4, -0.2) is 21.7 Å². The number of rotatable bonds is 5. The minimum atomic E-state index is -0.404. The molecule has 6 heteroatoms. The fourth-order valence-electron chi connectivity index (χ4n) is 1.59. The van der Waals surface area contributed by atoms with E-state index in [0.29, 0.717) is 17.8 Å². The number of hydrogen-bond donors (Lipinski definition) is 2. The van der Waals surface area contributed by atoms with Gasteiger partial charge in [-0.05, 0) is 24.6 Å². The highest BCUT2D eigenvalue weighted by Crippen LogP contribution is 2.15. The molecule has 2 rings (SSSR count). The number of aryl methyl sites for hydroxylation is 1. The zero-order chi connectivity index (χ0) is 12.8. The van der Waals surface area contributed by atoms with Crippen molar-refractivity contribution >= 4 is 5.69 Å². The maximum atomic E-state index is 12.9. The molecule has 0 aliphatic carbocycles. The van der Waals surface area contributed by atoms with Gasteiger partial charge >= 0.3 is 0 Å². The van der Waals surface area contributed by atoms with Crippen LogP contribution in [0.1, 0.15) is 17.8 Å². The predicted molar refractivity (Wildman–Crippen MR) is 64.3 cm³/mol. The third-order valence-electron chi connectivity index (χ3n) is 2.47. The second-order valence-electron chi connectivity index (χ2n) is 3.76. The van der Waals surface area contributed by atoms with E-state index in [1.165, 1.54) is 18.5 Å². The molecule has 1 aromatic carbocycles. The largest absolute Gasteiger partial charge is 0.384 e. The summed E-state index contributed by atoms with van der Waals surface area (Å²) in [7, 11) is 0. The van der Waals surface area contributed by atoms with Crippen LogP contribution in [0.4, 0.5) is 10.1 Å². The number of H-pyrrole nitrogens is 1. The summed E-state index contributed by atoms with van der Waals surface area (Å²) in [6, 6.07) is 6.09. The minimum Gasteiger partial charge on any atom is -0.384 e. The van der Waals surface area contributed by atoms with E-state index >= 15 is 0 Å². The first kappa shape index (κ1) is 12.0. The lowest BCUT2D eigenvalue weighted by Crippen LogP contribution is -2.05. The molecular weight excluding hydrogens is 233 g/mol. The Morgan fingerprint density at radius 1 is 1.44 bits per heavy atom. The van der Waals surface area contributed by atoms with Crippen molar-refractivity contribution in [2.24, 2.45) is 0 Å². The van der Waals surface area contributed by atoms with Gasteiger partial charge in [0.15, 0.2) is 0 Å². The summed E-state index contributed by atoms with van der Waals surface area (Å²) < 4.78 is 12.9. The molecule has 0 bridgehead atoms. The monoisotopic (exact) mass is 245 g/mol. The van der Waals surface area contributed by atoms with E-state index in [4.69, 9.17) is 5.26 Å². The van der Waals surface area contributed by atoms with Gasteiger partial charge in [0.2, 0.25) is 0 Å². The highest BCUT2D eigenvalue weighted by atomic mass is 19.1. The van der Waals surface area contributed by atoms with Crippen molar-refractivity contribution in [1.29, 1.82) is 5.26 Å². The normalized spacial score (nSPS) is 10.0. The zero-order valence-corrected chi connectivity index (χ0v) is 9.65. The molecule has 18 heavy (non-hydrogen) atoms. The molecule has 0 aliphatic heterocycles. The Balaban J connectivity index is 1.85. The summed E-state index contributed by atoms with van der Waals surface area (Å²) >= 11 is 0. The fraction of sp³-hybridized carbons (Fsp3) is 0.250. The molecule has 0 spiro atoms.